The van der Waals surface area contributed by atoms with Crippen LogP contribution in [-0.2, 0) is 14.8 Å². The van der Waals surface area contributed by atoms with Gasteiger partial charge in [-0.25, -0.2) is 13.8 Å². The molecule has 0 atom stereocenters. The van der Waals surface area contributed by atoms with E-state index in [0.29, 0.717) is 22.2 Å². The van der Waals surface area contributed by atoms with Crippen molar-refractivity contribution in [2.24, 2.45) is 5.10 Å². The van der Waals surface area contributed by atoms with Crippen LogP contribution in [-0.4, -0.2) is 27.1 Å². The molecule has 0 spiro atoms. The Morgan fingerprint density at radius 2 is 1.73 bits per heavy atom. The number of halogens is 1. The van der Waals surface area contributed by atoms with Gasteiger partial charge >= 0.3 is 0 Å². The number of sulfonamides is 1. The Bertz CT molecular complexity index is 1240. The first-order valence-electron chi connectivity index (χ1n) is 10.4. The quantitative estimate of drug-likeness (QED) is 0.357. The molecule has 0 bridgehead atoms. The largest absolute Gasteiger partial charge is 0.271 e. The molecule has 3 aromatic carbocycles. The Morgan fingerprint density at radius 1 is 1.06 bits per heavy atom. The average molecular weight is 484 g/mol. The fraction of sp³-hybridized carbons (Fsp3) is 0.200. The van der Waals surface area contributed by atoms with Gasteiger partial charge in [-0.15, -0.1) is 0 Å². The standard InChI is InChI=1S/C25H26ClN3O3S/c1-18(2)21-11-9-20(10-12-21)16-27-28-25(30)17-29(24-14-13-22(26)15-19(24)3)33(31,32)23-7-5-4-6-8-23/h4-16,18H,17H2,1-3H3,(H,28,30)/b27-16-. The lowest BCUT2D eigenvalue weighted by atomic mass is 10.0. The smallest absolute Gasteiger partial charge is 0.264 e. The van der Waals surface area contributed by atoms with Crippen molar-refractivity contribution in [2.75, 3.05) is 10.8 Å². The zero-order valence-electron chi connectivity index (χ0n) is 18.7. The number of carbonyl (C=O) groups is 1. The summed E-state index contributed by atoms with van der Waals surface area (Å²) < 4.78 is 27.8. The summed E-state index contributed by atoms with van der Waals surface area (Å²) >= 11 is 6.05. The normalized spacial score (nSPS) is 11.7. The van der Waals surface area contributed by atoms with Crippen molar-refractivity contribution in [2.45, 2.75) is 31.6 Å². The molecule has 0 saturated carbocycles. The summed E-state index contributed by atoms with van der Waals surface area (Å²) in [5, 5.41) is 4.46. The Hall–Kier alpha value is -3.16. The third kappa shape index (κ3) is 6.21. The van der Waals surface area contributed by atoms with Gasteiger partial charge in [0.2, 0.25) is 0 Å². The predicted molar refractivity (Wildman–Crippen MR) is 133 cm³/mol. The van der Waals surface area contributed by atoms with Crippen molar-refractivity contribution in [3.05, 3.63) is 94.5 Å². The van der Waals surface area contributed by atoms with E-state index in [-0.39, 0.29) is 4.90 Å². The first kappa shape index (κ1) is 24.5. The topological polar surface area (TPSA) is 78.8 Å². The van der Waals surface area contributed by atoms with E-state index in [4.69, 9.17) is 11.6 Å². The molecule has 3 aromatic rings. The molecule has 0 aliphatic heterocycles. The van der Waals surface area contributed by atoms with Crippen molar-refractivity contribution >= 4 is 39.4 Å². The minimum absolute atomic E-state index is 0.0842. The molecule has 0 aliphatic rings. The number of hydrazone groups is 1. The minimum atomic E-state index is -4.00. The molecule has 0 aromatic heterocycles. The van der Waals surface area contributed by atoms with E-state index >= 15 is 0 Å². The highest BCUT2D eigenvalue weighted by Gasteiger charge is 2.28. The lowest BCUT2D eigenvalue weighted by Gasteiger charge is -2.25. The van der Waals surface area contributed by atoms with Gasteiger partial charge in [-0.2, -0.15) is 5.10 Å². The molecule has 0 aliphatic carbocycles. The second-order valence-electron chi connectivity index (χ2n) is 7.87. The van der Waals surface area contributed by atoms with Crippen LogP contribution in [0.2, 0.25) is 5.02 Å². The maximum atomic E-state index is 13.4. The summed E-state index contributed by atoms with van der Waals surface area (Å²) in [6, 6.07) is 20.6. The number of aryl methyl sites for hydroxylation is 1. The van der Waals surface area contributed by atoms with Gasteiger partial charge in [0, 0.05) is 5.02 Å². The summed E-state index contributed by atoms with van der Waals surface area (Å²) in [5.74, 6) is -0.150. The zero-order valence-corrected chi connectivity index (χ0v) is 20.3. The van der Waals surface area contributed by atoms with E-state index < -0.39 is 22.5 Å². The number of nitrogens with one attached hydrogen (secondary N) is 1. The van der Waals surface area contributed by atoms with Crippen LogP contribution in [0.1, 0.15) is 36.5 Å². The Kier molecular flexibility index (Phi) is 7.89. The van der Waals surface area contributed by atoms with Crippen molar-refractivity contribution in [3.63, 3.8) is 0 Å². The third-order valence-electron chi connectivity index (χ3n) is 5.05. The lowest BCUT2D eigenvalue weighted by Crippen LogP contribution is -2.40. The summed E-state index contributed by atoms with van der Waals surface area (Å²) in [6.07, 6.45) is 1.52. The Balaban J connectivity index is 1.82. The number of carbonyl (C=O) groups excluding carboxylic acids is 1. The number of amides is 1. The second-order valence-corrected chi connectivity index (χ2v) is 10.2. The first-order chi connectivity index (χ1) is 15.7. The SMILES string of the molecule is Cc1cc(Cl)ccc1N(CC(=O)N/N=C\c1ccc(C(C)C)cc1)S(=O)(=O)c1ccccc1. The highest BCUT2D eigenvalue weighted by atomic mass is 35.5. The summed E-state index contributed by atoms with van der Waals surface area (Å²) in [5.41, 5.74) is 5.44. The van der Waals surface area contributed by atoms with Crippen LogP contribution >= 0.6 is 11.6 Å². The van der Waals surface area contributed by atoms with Gasteiger partial charge in [0.25, 0.3) is 15.9 Å². The van der Waals surface area contributed by atoms with Crippen LogP contribution in [0.5, 0.6) is 0 Å². The summed E-state index contributed by atoms with van der Waals surface area (Å²) in [4.78, 5) is 12.7. The lowest BCUT2D eigenvalue weighted by molar-refractivity contribution is -0.119. The van der Waals surface area contributed by atoms with Gasteiger partial charge in [-0.3, -0.25) is 9.10 Å². The molecule has 172 valence electrons. The molecule has 0 heterocycles. The molecule has 8 heteroatoms. The number of rotatable bonds is 8. The second kappa shape index (κ2) is 10.6. The number of nitrogens with zero attached hydrogens (tertiary/aromatic N) is 2. The molecule has 0 unspecified atom stereocenters. The van der Waals surface area contributed by atoms with Crippen LogP contribution in [0, 0.1) is 6.92 Å². The fourth-order valence-electron chi connectivity index (χ4n) is 3.23. The molecule has 6 nitrogen and oxygen atoms in total. The molecule has 1 N–H and O–H groups in total. The maximum absolute atomic E-state index is 13.4. The highest BCUT2D eigenvalue weighted by Crippen LogP contribution is 2.28. The van der Waals surface area contributed by atoms with Gasteiger partial charge in [0.15, 0.2) is 0 Å². The van der Waals surface area contributed by atoms with Crippen molar-refractivity contribution in [1.29, 1.82) is 0 Å². The van der Waals surface area contributed by atoms with Gasteiger partial charge in [0.1, 0.15) is 6.54 Å². The summed E-state index contributed by atoms with van der Waals surface area (Å²) in [6.45, 7) is 5.52. The van der Waals surface area contributed by atoms with Gasteiger partial charge in [0.05, 0.1) is 16.8 Å². The highest BCUT2D eigenvalue weighted by molar-refractivity contribution is 7.92. The first-order valence-corrected chi connectivity index (χ1v) is 12.3. The van der Waals surface area contributed by atoms with Crippen LogP contribution in [0.3, 0.4) is 0 Å². The van der Waals surface area contributed by atoms with E-state index in [0.717, 1.165) is 9.87 Å². The van der Waals surface area contributed by atoms with Crippen LogP contribution < -0.4 is 9.73 Å². The van der Waals surface area contributed by atoms with E-state index in [1.807, 2.05) is 24.3 Å². The van der Waals surface area contributed by atoms with Crippen LogP contribution in [0.25, 0.3) is 0 Å². The molecular formula is C25H26ClN3O3S. The Labute approximate surface area is 200 Å². The fourth-order valence-corrected chi connectivity index (χ4v) is 4.96. The van der Waals surface area contributed by atoms with Crippen LogP contribution in [0.4, 0.5) is 5.69 Å². The monoisotopic (exact) mass is 483 g/mol. The van der Waals surface area contributed by atoms with Gasteiger partial charge in [-0.1, -0.05) is 67.9 Å². The van der Waals surface area contributed by atoms with E-state index in [9.17, 15) is 13.2 Å². The van der Waals surface area contributed by atoms with E-state index in [1.54, 1.807) is 43.3 Å². The van der Waals surface area contributed by atoms with Crippen LogP contribution in [0.15, 0.2) is 82.8 Å². The van der Waals surface area contributed by atoms with Gasteiger partial charge < -0.3 is 0 Å². The molecule has 1 amide bonds. The van der Waals surface area contributed by atoms with E-state index in [1.165, 1.54) is 23.9 Å². The number of hydrogen-bond donors (Lipinski definition) is 1. The average Bonchev–Trinajstić information content (AvgIpc) is 2.79. The van der Waals surface area contributed by atoms with Crippen molar-refractivity contribution < 1.29 is 13.2 Å². The molecular weight excluding hydrogens is 458 g/mol. The molecule has 33 heavy (non-hydrogen) atoms. The zero-order chi connectivity index (χ0) is 24.0. The number of anilines is 1. The number of benzene rings is 3. The number of hydrogen-bond acceptors (Lipinski definition) is 4. The Morgan fingerprint density at radius 3 is 2.33 bits per heavy atom. The van der Waals surface area contributed by atoms with Gasteiger partial charge in [-0.05, 0) is 59.9 Å². The molecule has 3 rings (SSSR count). The van der Waals surface area contributed by atoms with Crippen molar-refractivity contribution in [3.8, 4) is 0 Å². The summed E-state index contributed by atoms with van der Waals surface area (Å²) in [7, 11) is -4.00. The molecule has 0 saturated heterocycles. The van der Waals surface area contributed by atoms with E-state index in [2.05, 4.69) is 24.4 Å². The predicted octanol–water partition coefficient (Wildman–Crippen LogP) is 5.12. The van der Waals surface area contributed by atoms with Crippen molar-refractivity contribution in [1.82, 2.24) is 5.43 Å². The third-order valence-corrected chi connectivity index (χ3v) is 7.06. The molecule has 0 fully saturated rings. The minimum Gasteiger partial charge on any atom is -0.271 e. The molecule has 0 radical (unpaired) electrons. The maximum Gasteiger partial charge on any atom is 0.264 e.